The number of alkyl halides is 4. The van der Waals surface area contributed by atoms with Gasteiger partial charge >= 0.3 is 6.55 Å². The monoisotopic (exact) mass is 362 g/mol. The van der Waals surface area contributed by atoms with Crippen LogP contribution in [0.4, 0.5) is 23.2 Å². The summed E-state index contributed by atoms with van der Waals surface area (Å²) in [7, 11) is 0. The van der Waals surface area contributed by atoms with E-state index in [1.54, 1.807) is 6.07 Å². The maximum atomic E-state index is 13.0. The zero-order chi connectivity index (χ0) is 17.3. The van der Waals surface area contributed by atoms with Gasteiger partial charge < -0.3 is 4.90 Å². The molecule has 1 atom stereocenters. The summed E-state index contributed by atoms with van der Waals surface area (Å²) >= 11 is 5.95. The summed E-state index contributed by atoms with van der Waals surface area (Å²) < 4.78 is 52.1. The molecule has 0 saturated carbocycles. The van der Waals surface area contributed by atoms with Crippen LogP contribution in [-0.2, 0) is 0 Å². The van der Waals surface area contributed by atoms with E-state index in [1.807, 2.05) is 4.90 Å². The van der Waals surface area contributed by atoms with Crippen LogP contribution in [0.25, 0.3) is 11.1 Å². The maximum Gasteiger partial charge on any atom is 0.333 e. The maximum absolute atomic E-state index is 13.0. The Balaban J connectivity index is 1.96. The van der Waals surface area contributed by atoms with Gasteiger partial charge in [-0.1, -0.05) is 11.6 Å². The molecule has 3 heterocycles. The summed E-state index contributed by atoms with van der Waals surface area (Å²) in [5, 5.41) is 3.83. The highest BCUT2D eigenvalue weighted by Crippen LogP contribution is 2.35. The molecule has 4 nitrogen and oxygen atoms in total. The Morgan fingerprint density at radius 1 is 1.21 bits per heavy atom. The zero-order valence-corrected chi connectivity index (χ0v) is 13.3. The quantitative estimate of drug-likeness (QED) is 0.594. The van der Waals surface area contributed by atoms with Crippen LogP contribution >= 0.6 is 11.6 Å². The van der Waals surface area contributed by atoms with E-state index in [4.69, 9.17) is 11.6 Å². The normalized spacial score (nSPS) is 18.6. The van der Waals surface area contributed by atoms with Crippen LogP contribution in [0.1, 0.15) is 19.4 Å². The number of hydrogen-bond donors (Lipinski definition) is 0. The highest BCUT2D eigenvalue weighted by molar-refractivity contribution is 6.29. The van der Waals surface area contributed by atoms with E-state index >= 15 is 0 Å². The first kappa shape index (κ1) is 17.0. The lowest BCUT2D eigenvalue weighted by Gasteiger charge is -2.35. The zero-order valence-electron chi connectivity index (χ0n) is 12.5. The summed E-state index contributed by atoms with van der Waals surface area (Å²) in [6, 6.07) is 1.57. The molecule has 0 unspecified atom stereocenters. The van der Waals surface area contributed by atoms with Crippen molar-refractivity contribution in [3.63, 3.8) is 0 Å². The second-order valence-electron chi connectivity index (χ2n) is 5.69. The summed E-state index contributed by atoms with van der Waals surface area (Å²) in [4.78, 5) is 5.79. The van der Waals surface area contributed by atoms with Crippen molar-refractivity contribution in [2.75, 3.05) is 18.0 Å². The van der Waals surface area contributed by atoms with Crippen LogP contribution in [0.2, 0.25) is 5.15 Å². The fourth-order valence-electron chi connectivity index (χ4n) is 2.92. The second kappa shape index (κ2) is 6.96. The number of piperidine rings is 1. The topological polar surface area (TPSA) is 34.0 Å². The minimum Gasteiger partial charge on any atom is -0.370 e. The van der Waals surface area contributed by atoms with Crippen molar-refractivity contribution in [3.05, 3.63) is 29.8 Å². The van der Waals surface area contributed by atoms with Crippen molar-refractivity contribution in [1.82, 2.24) is 14.8 Å². The van der Waals surface area contributed by atoms with Crippen molar-refractivity contribution in [2.24, 2.45) is 5.92 Å². The first-order chi connectivity index (χ1) is 11.5. The number of rotatable bonds is 4. The molecule has 130 valence electrons. The van der Waals surface area contributed by atoms with Crippen molar-refractivity contribution in [2.45, 2.75) is 25.8 Å². The van der Waals surface area contributed by atoms with Crippen LogP contribution in [0.5, 0.6) is 0 Å². The smallest absolute Gasteiger partial charge is 0.333 e. The molecule has 2 aromatic rings. The second-order valence-corrected chi connectivity index (χ2v) is 6.08. The van der Waals surface area contributed by atoms with Gasteiger partial charge in [0.05, 0.1) is 6.20 Å². The summed E-state index contributed by atoms with van der Waals surface area (Å²) in [6.07, 6.45) is 2.66. The van der Waals surface area contributed by atoms with Crippen molar-refractivity contribution in [1.29, 1.82) is 0 Å². The molecule has 2 aromatic heterocycles. The molecule has 9 heteroatoms. The molecule has 24 heavy (non-hydrogen) atoms. The number of hydrogen-bond acceptors (Lipinski definition) is 3. The Labute approximate surface area is 141 Å². The Morgan fingerprint density at radius 3 is 2.67 bits per heavy atom. The number of halogens is 5. The molecule has 1 aliphatic rings. The standard InChI is InChI=1S/C15H15ClF4N4/c16-13-4-12(23-3-1-2-9(7-23)14(17)18)11(6-21-13)10-5-22-24(8-10)15(19)20/h4-6,8-9,14-15H,1-3,7H2/t9-/m1/s1. The molecule has 0 bridgehead atoms. The highest BCUT2D eigenvalue weighted by atomic mass is 35.5. The van der Waals surface area contributed by atoms with Gasteiger partial charge in [0.1, 0.15) is 5.15 Å². The van der Waals surface area contributed by atoms with Crippen LogP contribution in [0.15, 0.2) is 24.7 Å². The van der Waals surface area contributed by atoms with E-state index in [-0.39, 0.29) is 11.7 Å². The molecule has 0 amide bonds. The lowest BCUT2D eigenvalue weighted by Crippen LogP contribution is -2.38. The predicted molar refractivity (Wildman–Crippen MR) is 82.7 cm³/mol. The minimum absolute atomic E-state index is 0.188. The average molecular weight is 363 g/mol. The molecule has 0 N–H and O–H groups in total. The van der Waals surface area contributed by atoms with Gasteiger partial charge in [0.2, 0.25) is 6.43 Å². The molecule has 1 saturated heterocycles. The molecule has 0 radical (unpaired) electrons. The molecular formula is C15H15ClF4N4. The van der Waals surface area contributed by atoms with Gasteiger partial charge in [-0.15, -0.1) is 0 Å². The molecular weight excluding hydrogens is 348 g/mol. The Bertz CT molecular complexity index is 707. The predicted octanol–water partition coefficient (Wildman–Crippen LogP) is 4.48. The molecule has 0 aromatic carbocycles. The first-order valence-corrected chi connectivity index (χ1v) is 7.85. The van der Waals surface area contributed by atoms with E-state index in [0.717, 1.165) is 0 Å². The summed E-state index contributed by atoms with van der Waals surface area (Å²) in [6.45, 7) is -1.96. The van der Waals surface area contributed by atoms with Gasteiger partial charge in [0.15, 0.2) is 0 Å². The van der Waals surface area contributed by atoms with Crippen LogP contribution in [-0.4, -0.2) is 34.3 Å². The molecule has 3 rings (SSSR count). The third-order valence-electron chi connectivity index (χ3n) is 4.12. The number of aromatic nitrogens is 3. The highest BCUT2D eigenvalue weighted by Gasteiger charge is 2.28. The number of nitrogens with zero attached hydrogens (tertiary/aromatic N) is 4. The van der Waals surface area contributed by atoms with Gasteiger partial charge in [0.25, 0.3) is 0 Å². The Morgan fingerprint density at radius 2 is 2.00 bits per heavy atom. The van der Waals surface area contributed by atoms with Crippen molar-refractivity contribution >= 4 is 17.3 Å². The van der Waals surface area contributed by atoms with E-state index in [1.165, 1.54) is 18.6 Å². The summed E-state index contributed by atoms with van der Waals surface area (Å²) in [5.74, 6) is -0.720. The van der Waals surface area contributed by atoms with Gasteiger partial charge in [-0.05, 0) is 18.9 Å². The van der Waals surface area contributed by atoms with E-state index in [9.17, 15) is 17.6 Å². The van der Waals surface area contributed by atoms with Gasteiger partial charge in [-0.3, -0.25) is 0 Å². The third kappa shape index (κ3) is 3.48. The van der Waals surface area contributed by atoms with E-state index in [0.29, 0.717) is 40.9 Å². The summed E-state index contributed by atoms with van der Waals surface area (Å²) in [5.41, 5.74) is 1.59. The number of anilines is 1. The Hall–Kier alpha value is -1.83. The first-order valence-electron chi connectivity index (χ1n) is 7.47. The van der Waals surface area contributed by atoms with Gasteiger partial charge in [0, 0.05) is 48.2 Å². The van der Waals surface area contributed by atoms with Gasteiger partial charge in [-0.2, -0.15) is 13.9 Å². The minimum atomic E-state index is -2.75. The fourth-order valence-corrected chi connectivity index (χ4v) is 3.07. The average Bonchev–Trinajstić information content (AvgIpc) is 3.05. The van der Waals surface area contributed by atoms with Crippen LogP contribution < -0.4 is 4.90 Å². The van der Waals surface area contributed by atoms with Crippen molar-refractivity contribution in [3.8, 4) is 11.1 Å². The lowest BCUT2D eigenvalue weighted by atomic mass is 9.97. The van der Waals surface area contributed by atoms with Crippen LogP contribution in [0.3, 0.4) is 0 Å². The third-order valence-corrected chi connectivity index (χ3v) is 4.32. The van der Waals surface area contributed by atoms with Gasteiger partial charge in [-0.25, -0.2) is 18.4 Å². The molecule has 0 aliphatic carbocycles. The largest absolute Gasteiger partial charge is 0.370 e. The van der Waals surface area contributed by atoms with E-state index in [2.05, 4.69) is 10.1 Å². The fraction of sp³-hybridized carbons (Fsp3) is 0.467. The molecule has 0 spiro atoms. The molecule has 1 aliphatic heterocycles. The SMILES string of the molecule is FC(F)[C@@H]1CCCN(c2cc(Cl)ncc2-c2cnn(C(F)F)c2)C1. The van der Waals surface area contributed by atoms with Crippen molar-refractivity contribution < 1.29 is 17.6 Å². The number of pyridine rings is 1. The van der Waals surface area contributed by atoms with Crippen LogP contribution in [0, 0.1) is 5.92 Å². The lowest BCUT2D eigenvalue weighted by molar-refractivity contribution is 0.0566. The molecule has 1 fully saturated rings. The van der Waals surface area contributed by atoms with E-state index < -0.39 is 18.9 Å². The Kier molecular flexibility index (Phi) is 4.93.